The lowest BCUT2D eigenvalue weighted by Gasteiger charge is -2.22. The van der Waals surface area contributed by atoms with Crippen LogP contribution >= 0.6 is 12.4 Å². The number of ether oxygens (including phenoxy) is 1. The zero-order valence-electron chi connectivity index (χ0n) is 13.9. The van der Waals surface area contributed by atoms with Gasteiger partial charge in [0.05, 0.1) is 17.9 Å². The SMILES string of the molecule is Cl.O=C(Nc1ccccc1OCC(F)F)c1cn(C2CCNCC2)nn1. The van der Waals surface area contributed by atoms with Gasteiger partial charge in [0, 0.05) is 0 Å². The van der Waals surface area contributed by atoms with Gasteiger partial charge in [0.1, 0.15) is 12.4 Å². The summed E-state index contributed by atoms with van der Waals surface area (Å²) >= 11 is 0. The second kappa shape index (κ2) is 9.44. The molecule has 1 fully saturated rings. The van der Waals surface area contributed by atoms with E-state index >= 15 is 0 Å². The number of nitrogens with zero attached hydrogens (tertiary/aromatic N) is 3. The predicted molar refractivity (Wildman–Crippen MR) is 94.3 cm³/mol. The Bertz CT molecular complexity index is 722. The molecule has 0 unspecified atom stereocenters. The summed E-state index contributed by atoms with van der Waals surface area (Å²) in [6.45, 7) is 1.07. The Morgan fingerprint density at radius 1 is 1.35 bits per heavy atom. The summed E-state index contributed by atoms with van der Waals surface area (Å²) in [5.41, 5.74) is 0.478. The number of carbonyl (C=O) groups is 1. The van der Waals surface area contributed by atoms with Crippen LogP contribution in [-0.2, 0) is 0 Å². The molecule has 26 heavy (non-hydrogen) atoms. The molecule has 2 N–H and O–H groups in total. The van der Waals surface area contributed by atoms with Crippen molar-refractivity contribution < 1.29 is 18.3 Å². The quantitative estimate of drug-likeness (QED) is 0.796. The fourth-order valence-electron chi connectivity index (χ4n) is 2.67. The Morgan fingerprint density at radius 2 is 2.08 bits per heavy atom. The smallest absolute Gasteiger partial charge is 0.277 e. The first kappa shape index (κ1) is 20.1. The summed E-state index contributed by atoms with van der Waals surface area (Å²) in [5, 5.41) is 13.8. The molecular formula is C16H20ClF2N5O2. The number of halogens is 3. The van der Waals surface area contributed by atoms with Crippen LogP contribution < -0.4 is 15.4 Å². The number of benzene rings is 1. The minimum atomic E-state index is -2.59. The minimum absolute atomic E-state index is 0. The van der Waals surface area contributed by atoms with E-state index in [-0.39, 0.29) is 29.9 Å². The highest BCUT2D eigenvalue weighted by atomic mass is 35.5. The van der Waals surface area contributed by atoms with Gasteiger partial charge >= 0.3 is 0 Å². The van der Waals surface area contributed by atoms with Crippen LogP contribution in [0.5, 0.6) is 5.75 Å². The molecule has 1 aromatic carbocycles. The molecule has 0 spiro atoms. The third-order valence-electron chi connectivity index (χ3n) is 3.93. The number of hydrogen-bond donors (Lipinski definition) is 2. The Labute approximate surface area is 155 Å². The predicted octanol–water partition coefficient (Wildman–Crippen LogP) is 2.52. The number of hydrogen-bond acceptors (Lipinski definition) is 5. The van der Waals surface area contributed by atoms with Gasteiger partial charge in [0.25, 0.3) is 12.3 Å². The standard InChI is InChI=1S/C16H19F2N5O2.ClH/c17-15(18)10-25-14-4-2-1-3-12(14)20-16(24)13-9-23(22-21-13)11-5-7-19-8-6-11;/h1-4,9,11,15,19H,5-8,10H2,(H,20,24);1H. The van der Waals surface area contributed by atoms with Crippen molar-refractivity contribution in [2.24, 2.45) is 0 Å². The number of anilines is 1. The minimum Gasteiger partial charge on any atom is -0.485 e. The first-order chi connectivity index (χ1) is 12.1. The maximum absolute atomic E-state index is 12.4. The number of aromatic nitrogens is 3. The fraction of sp³-hybridized carbons (Fsp3) is 0.438. The van der Waals surface area contributed by atoms with E-state index in [0.717, 1.165) is 25.9 Å². The van der Waals surface area contributed by atoms with E-state index in [4.69, 9.17) is 4.74 Å². The molecule has 1 saturated heterocycles. The van der Waals surface area contributed by atoms with Gasteiger partial charge in [0.15, 0.2) is 5.69 Å². The largest absolute Gasteiger partial charge is 0.485 e. The molecule has 0 atom stereocenters. The number of carbonyl (C=O) groups excluding carboxylic acids is 1. The number of amides is 1. The maximum atomic E-state index is 12.4. The van der Waals surface area contributed by atoms with Crippen molar-refractivity contribution in [3.8, 4) is 5.75 Å². The molecule has 7 nitrogen and oxygen atoms in total. The van der Waals surface area contributed by atoms with Crippen molar-refractivity contribution >= 4 is 24.0 Å². The first-order valence-electron chi connectivity index (χ1n) is 8.07. The summed E-state index contributed by atoms with van der Waals surface area (Å²) < 4.78 is 31.4. The van der Waals surface area contributed by atoms with E-state index in [1.54, 1.807) is 29.1 Å². The van der Waals surface area contributed by atoms with Gasteiger partial charge in [-0.1, -0.05) is 17.3 Å². The third-order valence-corrected chi connectivity index (χ3v) is 3.93. The summed E-state index contributed by atoms with van der Waals surface area (Å²) in [4.78, 5) is 12.4. The maximum Gasteiger partial charge on any atom is 0.277 e. The van der Waals surface area contributed by atoms with Crippen LogP contribution in [-0.4, -0.2) is 47.0 Å². The van der Waals surface area contributed by atoms with E-state index in [0.29, 0.717) is 5.69 Å². The highest BCUT2D eigenvalue weighted by Gasteiger charge is 2.19. The molecule has 1 aromatic heterocycles. The first-order valence-corrected chi connectivity index (χ1v) is 8.07. The van der Waals surface area contributed by atoms with Crippen molar-refractivity contribution in [3.05, 3.63) is 36.2 Å². The zero-order chi connectivity index (χ0) is 17.6. The van der Waals surface area contributed by atoms with Gasteiger partial charge in [-0.05, 0) is 38.1 Å². The molecule has 142 valence electrons. The molecule has 0 radical (unpaired) electrons. The van der Waals surface area contributed by atoms with Crippen LogP contribution in [0.4, 0.5) is 14.5 Å². The summed E-state index contributed by atoms with van der Waals surface area (Å²) in [5.74, 6) is -0.282. The molecule has 0 aliphatic carbocycles. The number of rotatable bonds is 6. The number of para-hydroxylation sites is 2. The van der Waals surface area contributed by atoms with Crippen LogP contribution in [0.1, 0.15) is 29.4 Å². The number of alkyl halides is 2. The lowest BCUT2D eigenvalue weighted by Crippen LogP contribution is -2.29. The van der Waals surface area contributed by atoms with Crippen molar-refractivity contribution in [2.45, 2.75) is 25.3 Å². The summed E-state index contributed by atoms with van der Waals surface area (Å²) in [6.07, 6.45) is 0.867. The highest BCUT2D eigenvalue weighted by Crippen LogP contribution is 2.25. The van der Waals surface area contributed by atoms with Crippen LogP contribution in [0.2, 0.25) is 0 Å². The monoisotopic (exact) mass is 387 g/mol. The topological polar surface area (TPSA) is 81.1 Å². The van der Waals surface area contributed by atoms with E-state index in [1.807, 2.05) is 0 Å². The Hall–Kier alpha value is -2.26. The van der Waals surface area contributed by atoms with Gasteiger partial charge in [-0.3, -0.25) is 4.79 Å². The highest BCUT2D eigenvalue weighted by molar-refractivity contribution is 6.03. The van der Waals surface area contributed by atoms with Crippen molar-refractivity contribution in [2.75, 3.05) is 25.0 Å². The van der Waals surface area contributed by atoms with Crippen LogP contribution in [0.25, 0.3) is 0 Å². The van der Waals surface area contributed by atoms with E-state index in [9.17, 15) is 13.6 Å². The van der Waals surface area contributed by atoms with Crippen molar-refractivity contribution in [1.29, 1.82) is 0 Å². The average molecular weight is 388 g/mol. The van der Waals surface area contributed by atoms with Gasteiger partial charge in [-0.15, -0.1) is 17.5 Å². The Kier molecular flexibility index (Phi) is 7.28. The van der Waals surface area contributed by atoms with Gasteiger partial charge in [-0.25, -0.2) is 13.5 Å². The number of piperidine rings is 1. The second-order valence-corrected chi connectivity index (χ2v) is 5.72. The lowest BCUT2D eigenvalue weighted by atomic mass is 10.1. The Morgan fingerprint density at radius 3 is 2.81 bits per heavy atom. The Balaban J connectivity index is 0.00000243. The number of nitrogens with one attached hydrogen (secondary N) is 2. The van der Waals surface area contributed by atoms with Crippen molar-refractivity contribution in [3.63, 3.8) is 0 Å². The van der Waals surface area contributed by atoms with E-state index in [2.05, 4.69) is 20.9 Å². The molecular weight excluding hydrogens is 368 g/mol. The van der Waals surface area contributed by atoms with Crippen LogP contribution in [0.15, 0.2) is 30.5 Å². The summed E-state index contributed by atoms with van der Waals surface area (Å²) in [7, 11) is 0. The van der Waals surface area contributed by atoms with E-state index in [1.165, 1.54) is 6.07 Å². The molecule has 3 rings (SSSR count). The van der Waals surface area contributed by atoms with E-state index < -0.39 is 18.9 Å². The van der Waals surface area contributed by atoms with Crippen molar-refractivity contribution in [1.82, 2.24) is 20.3 Å². The molecule has 1 aliphatic heterocycles. The molecule has 1 amide bonds. The van der Waals surface area contributed by atoms with Gasteiger partial charge < -0.3 is 15.4 Å². The fourth-order valence-corrected chi connectivity index (χ4v) is 2.67. The normalized spacial score (nSPS) is 14.7. The summed E-state index contributed by atoms with van der Waals surface area (Å²) in [6, 6.07) is 6.64. The molecule has 10 heteroatoms. The lowest BCUT2D eigenvalue weighted by molar-refractivity contribution is 0.0822. The third kappa shape index (κ3) is 5.12. The molecule has 2 aromatic rings. The zero-order valence-corrected chi connectivity index (χ0v) is 14.7. The molecule has 0 bridgehead atoms. The second-order valence-electron chi connectivity index (χ2n) is 5.72. The molecule has 0 saturated carbocycles. The van der Waals surface area contributed by atoms with Gasteiger partial charge in [0.2, 0.25) is 0 Å². The molecule has 1 aliphatic rings. The van der Waals surface area contributed by atoms with Crippen LogP contribution in [0, 0.1) is 0 Å². The molecule has 2 heterocycles. The average Bonchev–Trinajstić information content (AvgIpc) is 3.12. The van der Waals surface area contributed by atoms with Gasteiger partial charge in [-0.2, -0.15) is 0 Å². The van der Waals surface area contributed by atoms with Crippen LogP contribution in [0.3, 0.4) is 0 Å².